The Balaban J connectivity index is 2.79. The third-order valence-corrected chi connectivity index (χ3v) is 4.10. The summed E-state index contributed by atoms with van der Waals surface area (Å²) in [6.45, 7) is 11.2. The number of rotatable bonds is 7. The van der Waals surface area contributed by atoms with E-state index in [2.05, 4.69) is 0 Å². The molecule has 1 amide bonds. The predicted octanol–water partition coefficient (Wildman–Crippen LogP) is 1.42. The van der Waals surface area contributed by atoms with E-state index in [1.54, 1.807) is 4.90 Å². The van der Waals surface area contributed by atoms with Crippen molar-refractivity contribution in [2.24, 2.45) is 10.8 Å². The van der Waals surface area contributed by atoms with E-state index < -0.39 is 11.5 Å². The van der Waals surface area contributed by atoms with Crippen molar-refractivity contribution in [3.05, 3.63) is 0 Å². The first kappa shape index (κ1) is 18.4. The molecule has 0 aliphatic carbocycles. The van der Waals surface area contributed by atoms with Crippen LogP contribution >= 0.6 is 0 Å². The Morgan fingerprint density at radius 2 is 1.95 bits per heavy atom. The molecule has 124 valence electrons. The quantitative estimate of drug-likeness (QED) is 0.746. The molecule has 1 fully saturated rings. The molecule has 1 heterocycles. The van der Waals surface area contributed by atoms with E-state index in [1.165, 1.54) is 0 Å². The number of carbonyl (C=O) groups is 1. The summed E-state index contributed by atoms with van der Waals surface area (Å²) in [5, 5.41) is 19.3. The fourth-order valence-electron chi connectivity index (χ4n) is 3.27. The van der Waals surface area contributed by atoms with E-state index in [-0.39, 0.29) is 24.0 Å². The Morgan fingerprint density at radius 3 is 2.48 bits per heavy atom. The molecule has 2 N–H and O–H groups in total. The van der Waals surface area contributed by atoms with Gasteiger partial charge in [-0.15, -0.1) is 0 Å². The van der Waals surface area contributed by atoms with Crippen LogP contribution in [0.1, 0.15) is 47.5 Å². The van der Waals surface area contributed by atoms with Crippen LogP contribution in [0.2, 0.25) is 0 Å². The molecule has 0 aromatic carbocycles. The molecule has 0 aromatic heterocycles. The molecule has 0 spiro atoms. The second kappa shape index (κ2) is 7.07. The fourth-order valence-corrected chi connectivity index (χ4v) is 3.27. The average Bonchev–Trinajstić information content (AvgIpc) is 2.75. The molecule has 0 bridgehead atoms. The van der Waals surface area contributed by atoms with Crippen molar-refractivity contribution in [2.45, 2.75) is 59.6 Å². The Kier molecular flexibility index (Phi) is 6.20. The van der Waals surface area contributed by atoms with E-state index in [1.807, 2.05) is 34.6 Å². The van der Waals surface area contributed by atoms with Crippen LogP contribution in [0.3, 0.4) is 0 Å². The van der Waals surface area contributed by atoms with Crippen molar-refractivity contribution < 1.29 is 19.7 Å². The lowest BCUT2D eigenvalue weighted by atomic mass is 9.74. The lowest BCUT2D eigenvalue weighted by Gasteiger charge is -2.37. The third-order valence-electron chi connectivity index (χ3n) is 4.10. The van der Waals surface area contributed by atoms with Gasteiger partial charge >= 0.3 is 0 Å². The van der Waals surface area contributed by atoms with E-state index >= 15 is 0 Å². The van der Waals surface area contributed by atoms with Gasteiger partial charge in [-0.1, -0.05) is 27.7 Å². The SMILES string of the molecule is CCOCC1CC(O)CN1C(=O)C(C)(C)CC(C)(C)CO. The van der Waals surface area contributed by atoms with Crippen LogP contribution in [-0.4, -0.2) is 59.5 Å². The summed E-state index contributed by atoms with van der Waals surface area (Å²) in [6, 6.07) is -0.0519. The molecule has 21 heavy (non-hydrogen) atoms. The number of carbonyl (C=O) groups excluding carboxylic acids is 1. The number of nitrogens with zero attached hydrogens (tertiary/aromatic N) is 1. The van der Waals surface area contributed by atoms with E-state index in [0.29, 0.717) is 32.6 Å². The highest BCUT2D eigenvalue weighted by Gasteiger charge is 2.42. The highest BCUT2D eigenvalue weighted by molar-refractivity contribution is 5.82. The second-order valence-corrected chi connectivity index (χ2v) is 7.54. The number of β-amino-alcohol motifs (C(OH)–C–C–N with tert-alkyl or cyclic N) is 1. The first-order valence-electron chi connectivity index (χ1n) is 7.80. The van der Waals surface area contributed by atoms with Crippen molar-refractivity contribution in [2.75, 3.05) is 26.4 Å². The standard InChI is InChI=1S/C16H31NO4/c1-6-21-9-12-7-13(19)8-17(12)14(20)16(4,5)10-15(2,3)11-18/h12-13,18-19H,6-11H2,1-5H3. The van der Waals surface area contributed by atoms with Gasteiger partial charge in [-0.25, -0.2) is 0 Å². The number of aliphatic hydroxyl groups is 2. The summed E-state index contributed by atoms with van der Waals surface area (Å²) in [5.41, 5.74) is -0.867. The molecule has 2 unspecified atom stereocenters. The zero-order valence-electron chi connectivity index (χ0n) is 14.1. The van der Waals surface area contributed by atoms with Crippen molar-refractivity contribution in [3.8, 4) is 0 Å². The summed E-state index contributed by atoms with van der Waals surface area (Å²) < 4.78 is 5.44. The highest BCUT2D eigenvalue weighted by Crippen LogP contribution is 2.36. The first-order valence-corrected chi connectivity index (χ1v) is 7.80. The molecular weight excluding hydrogens is 270 g/mol. The van der Waals surface area contributed by atoms with Gasteiger partial charge in [0.1, 0.15) is 0 Å². The monoisotopic (exact) mass is 301 g/mol. The molecule has 0 saturated carbocycles. The van der Waals surface area contributed by atoms with Gasteiger partial charge < -0.3 is 19.8 Å². The van der Waals surface area contributed by atoms with E-state index in [9.17, 15) is 15.0 Å². The Labute approximate surface area is 128 Å². The first-order chi connectivity index (χ1) is 9.63. The average molecular weight is 301 g/mol. The number of amides is 1. The summed E-state index contributed by atoms with van der Waals surface area (Å²) in [6.07, 6.45) is 0.704. The molecule has 1 saturated heterocycles. The molecule has 5 nitrogen and oxygen atoms in total. The zero-order valence-corrected chi connectivity index (χ0v) is 14.1. The van der Waals surface area contributed by atoms with Gasteiger partial charge in [0, 0.05) is 25.2 Å². The number of likely N-dealkylation sites (tertiary alicyclic amines) is 1. The maximum Gasteiger partial charge on any atom is 0.228 e. The number of ether oxygens (including phenoxy) is 1. The number of hydrogen-bond donors (Lipinski definition) is 2. The van der Waals surface area contributed by atoms with Crippen LogP contribution in [0.4, 0.5) is 0 Å². The molecule has 1 aliphatic rings. The summed E-state index contributed by atoms with van der Waals surface area (Å²) in [4.78, 5) is 14.6. The van der Waals surface area contributed by atoms with Crippen LogP contribution in [0, 0.1) is 10.8 Å². The number of hydrogen-bond acceptors (Lipinski definition) is 4. The van der Waals surface area contributed by atoms with Gasteiger partial charge in [0.15, 0.2) is 0 Å². The minimum absolute atomic E-state index is 0.0327. The van der Waals surface area contributed by atoms with Crippen LogP contribution in [0.25, 0.3) is 0 Å². The van der Waals surface area contributed by atoms with Crippen molar-refractivity contribution in [1.82, 2.24) is 4.90 Å². The van der Waals surface area contributed by atoms with Gasteiger partial charge in [0.25, 0.3) is 0 Å². The second-order valence-electron chi connectivity index (χ2n) is 7.54. The van der Waals surface area contributed by atoms with Gasteiger partial charge in [-0.3, -0.25) is 4.79 Å². The van der Waals surface area contributed by atoms with Crippen LogP contribution in [0.5, 0.6) is 0 Å². The van der Waals surface area contributed by atoms with Crippen molar-refractivity contribution in [3.63, 3.8) is 0 Å². The highest BCUT2D eigenvalue weighted by atomic mass is 16.5. The van der Waals surface area contributed by atoms with Crippen LogP contribution < -0.4 is 0 Å². The summed E-state index contributed by atoms with van der Waals surface area (Å²) >= 11 is 0. The van der Waals surface area contributed by atoms with E-state index in [0.717, 1.165) is 0 Å². The summed E-state index contributed by atoms with van der Waals surface area (Å²) in [5.74, 6) is 0.0327. The van der Waals surface area contributed by atoms with Gasteiger partial charge in [-0.2, -0.15) is 0 Å². The molecular formula is C16H31NO4. The topological polar surface area (TPSA) is 70.0 Å². The maximum atomic E-state index is 12.9. The lowest BCUT2D eigenvalue weighted by Crippen LogP contribution is -2.47. The smallest absolute Gasteiger partial charge is 0.228 e. The number of aliphatic hydroxyl groups excluding tert-OH is 2. The Hall–Kier alpha value is -0.650. The van der Waals surface area contributed by atoms with Gasteiger partial charge in [0.05, 0.1) is 18.8 Å². The van der Waals surface area contributed by atoms with E-state index in [4.69, 9.17) is 4.74 Å². The molecule has 0 aromatic rings. The Bertz CT molecular complexity index is 354. The molecule has 1 aliphatic heterocycles. The minimum atomic E-state index is -0.569. The largest absolute Gasteiger partial charge is 0.396 e. The van der Waals surface area contributed by atoms with Crippen molar-refractivity contribution in [1.29, 1.82) is 0 Å². The molecule has 1 rings (SSSR count). The van der Waals surface area contributed by atoms with Gasteiger partial charge in [0.2, 0.25) is 5.91 Å². The normalized spacial score (nSPS) is 23.7. The van der Waals surface area contributed by atoms with Crippen LogP contribution in [-0.2, 0) is 9.53 Å². The maximum absolute atomic E-state index is 12.9. The molecule has 5 heteroatoms. The van der Waals surface area contributed by atoms with Crippen LogP contribution in [0.15, 0.2) is 0 Å². The fraction of sp³-hybridized carbons (Fsp3) is 0.938. The van der Waals surface area contributed by atoms with Crippen molar-refractivity contribution >= 4 is 5.91 Å². The minimum Gasteiger partial charge on any atom is -0.396 e. The summed E-state index contributed by atoms with van der Waals surface area (Å²) in [7, 11) is 0. The lowest BCUT2D eigenvalue weighted by molar-refractivity contribution is -0.144. The predicted molar refractivity (Wildman–Crippen MR) is 81.9 cm³/mol. The molecule has 0 radical (unpaired) electrons. The third kappa shape index (κ3) is 4.94. The molecule has 2 atom stereocenters. The zero-order chi connectivity index (χ0) is 16.3. The Morgan fingerprint density at radius 1 is 1.33 bits per heavy atom. The van der Waals surface area contributed by atoms with Gasteiger partial charge in [-0.05, 0) is 25.2 Å².